The molecule has 0 saturated carbocycles. The Morgan fingerprint density at radius 3 is 2.40 bits per heavy atom. The van der Waals surface area contributed by atoms with Crippen molar-refractivity contribution in [3.8, 4) is 17.6 Å². The van der Waals surface area contributed by atoms with Crippen LogP contribution in [-0.4, -0.2) is 22.8 Å². The first kappa shape index (κ1) is 27.3. The highest BCUT2D eigenvalue weighted by Crippen LogP contribution is 2.33. The Bertz CT molecular complexity index is 1210. The average Bonchev–Trinajstić information content (AvgIpc) is 2.80. The number of carbonyl (C=O) groups is 1. The summed E-state index contributed by atoms with van der Waals surface area (Å²) in [5.41, 5.74) is -0.501. The van der Waals surface area contributed by atoms with Gasteiger partial charge in [-0.2, -0.15) is 13.2 Å². The molecular weight excluding hydrogens is 464 g/mol. The molecule has 0 spiro atoms. The maximum absolute atomic E-state index is 13.5. The molecule has 4 nitrogen and oxygen atoms in total. The lowest BCUT2D eigenvalue weighted by molar-refractivity contribution is -0.137. The number of hydrogen-bond donors (Lipinski definition) is 2. The summed E-state index contributed by atoms with van der Waals surface area (Å²) in [7, 11) is 0. The fraction of sp³-hybridized carbons (Fsp3) is 0.222. The minimum Gasteiger partial charge on any atom is -0.508 e. The third-order valence-electron chi connectivity index (χ3n) is 4.74. The van der Waals surface area contributed by atoms with Gasteiger partial charge in [-0.15, -0.1) is 0 Å². The highest BCUT2D eigenvalue weighted by atomic mass is 19.4. The molecule has 0 amide bonds. The van der Waals surface area contributed by atoms with Crippen LogP contribution < -0.4 is 0 Å². The average molecular weight is 488 g/mol. The van der Waals surface area contributed by atoms with Crippen molar-refractivity contribution >= 4 is 5.97 Å². The summed E-state index contributed by atoms with van der Waals surface area (Å²) in [6.45, 7) is 3.49. The summed E-state index contributed by atoms with van der Waals surface area (Å²) >= 11 is 0. The van der Waals surface area contributed by atoms with Crippen LogP contribution in [0.2, 0.25) is 0 Å². The monoisotopic (exact) mass is 488 g/mol. The van der Waals surface area contributed by atoms with E-state index in [0.29, 0.717) is 35.8 Å². The van der Waals surface area contributed by atoms with Gasteiger partial charge in [0.25, 0.3) is 0 Å². The number of benzene rings is 2. The molecule has 0 saturated heterocycles. The first-order chi connectivity index (χ1) is 16.5. The van der Waals surface area contributed by atoms with E-state index in [4.69, 9.17) is 4.74 Å². The second-order valence-electron chi connectivity index (χ2n) is 7.33. The molecule has 184 valence electrons. The van der Waals surface area contributed by atoms with Crippen LogP contribution in [0.4, 0.5) is 17.6 Å². The standard InChI is InChI=1S/C27H24F4O4/c1-3-6-24(16-22(28)4-2)35-14-5-7-20-15-21(26(33)34)11-9-18(20)8-10-19-12-13-23(32)17-25(19)27(29,30)31/h3-4,6,9,11-13,15-17,32H,5,7,14H2,1-2H3,(H,33,34)/b6-3-,22-4+,24-16+. The normalized spacial score (nSPS) is 12.4. The first-order valence-corrected chi connectivity index (χ1v) is 10.6. The number of carboxylic acids is 1. The van der Waals surface area contributed by atoms with Gasteiger partial charge in [0.05, 0.1) is 17.7 Å². The van der Waals surface area contributed by atoms with E-state index < -0.39 is 29.3 Å². The lowest BCUT2D eigenvalue weighted by Gasteiger charge is -2.10. The number of aryl methyl sites for hydroxylation is 1. The molecule has 8 heteroatoms. The predicted octanol–water partition coefficient (Wildman–Crippen LogP) is 6.79. The van der Waals surface area contributed by atoms with E-state index in [1.807, 2.05) is 0 Å². The molecule has 0 aromatic heterocycles. The number of aromatic hydroxyl groups is 1. The van der Waals surface area contributed by atoms with Gasteiger partial charge in [-0.3, -0.25) is 0 Å². The minimum absolute atomic E-state index is 0.0109. The van der Waals surface area contributed by atoms with Gasteiger partial charge < -0.3 is 14.9 Å². The third kappa shape index (κ3) is 8.38. The number of ether oxygens (including phenoxy) is 1. The van der Waals surface area contributed by atoms with Crippen LogP contribution in [0.15, 0.2) is 72.3 Å². The zero-order valence-corrected chi connectivity index (χ0v) is 19.1. The van der Waals surface area contributed by atoms with Gasteiger partial charge >= 0.3 is 12.1 Å². The van der Waals surface area contributed by atoms with Gasteiger partial charge in [0.15, 0.2) is 0 Å². The molecule has 0 radical (unpaired) electrons. The van der Waals surface area contributed by atoms with E-state index in [1.165, 1.54) is 30.4 Å². The molecular formula is C27H24F4O4. The number of aromatic carboxylic acids is 1. The molecule has 0 aliphatic carbocycles. The van der Waals surface area contributed by atoms with Gasteiger partial charge in [-0.25, -0.2) is 9.18 Å². The summed E-state index contributed by atoms with van der Waals surface area (Å²) in [6.07, 6.45) is 1.84. The third-order valence-corrected chi connectivity index (χ3v) is 4.74. The second kappa shape index (κ2) is 12.5. The van der Waals surface area contributed by atoms with Crippen molar-refractivity contribution in [2.75, 3.05) is 6.61 Å². The number of halogens is 4. The zero-order valence-electron chi connectivity index (χ0n) is 19.1. The highest BCUT2D eigenvalue weighted by Gasteiger charge is 2.33. The minimum atomic E-state index is -4.71. The van der Waals surface area contributed by atoms with Crippen LogP contribution in [0, 0.1) is 11.8 Å². The topological polar surface area (TPSA) is 66.8 Å². The van der Waals surface area contributed by atoms with Crippen molar-refractivity contribution in [1.82, 2.24) is 0 Å². The van der Waals surface area contributed by atoms with Crippen LogP contribution in [-0.2, 0) is 17.3 Å². The fourth-order valence-corrected chi connectivity index (χ4v) is 3.04. The molecule has 0 aliphatic rings. The Labute approximate surface area is 200 Å². The fourth-order valence-electron chi connectivity index (χ4n) is 3.04. The van der Waals surface area contributed by atoms with Crippen LogP contribution in [0.25, 0.3) is 0 Å². The molecule has 35 heavy (non-hydrogen) atoms. The Balaban J connectivity index is 2.29. The van der Waals surface area contributed by atoms with E-state index in [0.717, 1.165) is 12.1 Å². The van der Waals surface area contributed by atoms with Crippen molar-refractivity contribution in [1.29, 1.82) is 0 Å². The molecule has 0 aliphatic heterocycles. The van der Waals surface area contributed by atoms with Crippen LogP contribution in [0.5, 0.6) is 5.75 Å². The maximum Gasteiger partial charge on any atom is 0.417 e. The van der Waals surface area contributed by atoms with Gasteiger partial charge in [-0.05, 0) is 74.7 Å². The predicted molar refractivity (Wildman–Crippen MR) is 125 cm³/mol. The lowest BCUT2D eigenvalue weighted by atomic mass is 9.99. The van der Waals surface area contributed by atoms with Crippen molar-refractivity contribution in [3.05, 3.63) is 100 Å². The van der Waals surface area contributed by atoms with Crippen LogP contribution in [0.3, 0.4) is 0 Å². The Morgan fingerprint density at radius 2 is 1.77 bits per heavy atom. The smallest absolute Gasteiger partial charge is 0.417 e. The summed E-state index contributed by atoms with van der Waals surface area (Å²) < 4.78 is 59.0. The summed E-state index contributed by atoms with van der Waals surface area (Å²) in [4.78, 5) is 11.4. The largest absolute Gasteiger partial charge is 0.508 e. The number of phenolic OH excluding ortho intramolecular Hbond substituents is 1. The molecule has 0 atom stereocenters. The summed E-state index contributed by atoms with van der Waals surface area (Å²) in [5.74, 6) is 3.33. The van der Waals surface area contributed by atoms with Gasteiger partial charge in [-0.1, -0.05) is 24.0 Å². The summed E-state index contributed by atoms with van der Waals surface area (Å²) in [5, 5.41) is 18.7. The number of alkyl halides is 3. The van der Waals surface area contributed by atoms with Crippen LogP contribution in [0.1, 0.15) is 52.9 Å². The summed E-state index contributed by atoms with van der Waals surface area (Å²) in [6, 6.07) is 6.95. The number of carboxylic acid groups (broad SMARTS) is 1. The molecule has 0 unspecified atom stereocenters. The molecule has 0 fully saturated rings. The molecule has 2 rings (SSSR count). The van der Waals surface area contributed by atoms with E-state index >= 15 is 0 Å². The van der Waals surface area contributed by atoms with Crippen molar-refractivity contribution in [2.45, 2.75) is 32.9 Å². The SMILES string of the molecule is C\C=C/C(=C\C(F)=C/C)OCCCc1cc(C(=O)O)ccc1C#Cc1ccc(O)cc1C(F)(F)F. The molecule has 2 N–H and O–H groups in total. The molecule has 2 aromatic rings. The van der Waals surface area contributed by atoms with Crippen LogP contribution >= 0.6 is 0 Å². The molecule has 2 aromatic carbocycles. The van der Waals surface area contributed by atoms with Gasteiger partial charge in [0.2, 0.25) is 0 Å². The molecule has 0 bridgehead atoms. The Hall–Kier alpha value is -3.99. The first-order valence-electron chi connectivity index (χ1n) is 10.6. The van der Waals surface area contributed by atoms with Crippen molar-refractivity contribution in [3.63, 3.8) is 0 Å². The zero-order chi connectivity index (χ0) is 26.0. The van der Waals surface area contributed by atoms with E-state index in [9.17, 15) is 32.6 Å². The number of allylic oxidation sites excluding steroid dienone is 5. The Kier molecular flexibility index (Phi) is 9.71. The molecule has 0 heterocycles. The number of phenols is 1. The second-order valence-corrected chi connectivity index (χ2v) is 7.33. The highest BCUT2D eigenvalue weighted by molar-refractivity contribution is 5.88. The van der Waals surface area contributed by atoms with Crippen molar-refractivity contribution in [2.24, 2.45) is 0 Å². The van der Waals surface area contributed by atoms with Crippen molar-refractivity contribution < 1.29 is 37.3 Å². The lowest BCUT2D eigenvalue weighted by Crippen LogP contribution is -2.07. The quantitative estimate of drug-likeness (QED) is 0.141. The number of hydrogen-bond acceptors (Lipinski definition) is 3. The van der Waals surface area contributed by atoms with Gasteiger partial charge in [0.1, 0.15) is 17.3 Å². The van der Waals surface area contributed by atoms with E-state index in [-0.39, 0.29) is 17.7 Å². The Morgan fingerprint density at radius 1 is 1.09 bits per heavy atom. The maximum atomic E-state index is 13.5. The van der Waals surface area contributed by atoms with Gasteiger partial charge in [0, 0.05) is 17.2 Å². The number of rotatable bonds is 8. The van der Waals surface area contributed by atoms with E-state index in [1.54, 1.807) is 26.0 Å². The van der Waals surface area contributed by atoms with E-state index in [2.05, 4.69) is 11.8 Å².